The van der Waals surface area contributed by atoms with E-state index in [0.717, 1.165) is 27.6 Å². The second kappa shape index (κ2) is 11.0. The molecule has 0 aliphatic carbocycles. The van der Waals surface area contributed by atoms with E-state index >= 15 is 0 Å². The lowest BCUT2D eigenvalue weighted by atomic mass is 10.0. The molecule has 38 heavy (non-hydrogen) atoms. The molecule has 0 saturated carbocycles. The van der Waals surface area contributed by atoms with Crippen molar-refractivity contribution in [2.75, 3.05) is 20.3 Å². The highest BCUT2D eigenvalue weighted by molar-refractivity contribution is 5.90. The second-order valence-corrected chi connectivity index (χ2v) is 9.63. The third kappa shape index (κ3) is 5.37. The standard InChI is InChI=1S/C31H32N2O5/c1-20(2)37-28-13-12-23(16-30(28)35-4)24-15-27-26(11-8-14-32-27)29(17-24)36-19-25-18-33(31(34)38-25)21(3)22-9-6-5-7-10-22/h5-17,20-21,25H,18-19H2,1-4H3/t21?,25-/m1/s1. The summed E-state index contributed by atoms with van der Waals surface area (Å²) in [5, 5.41) is 0.891. The van der Waals surface area contributed by atoms with Crippen LogP contribution in [-0.4, -0.2) is 48.4 Å². The maximum absolute atomic E-state index is 12.6. The average molecular weight is 513 g/mol. The van der Waals surface area contributed by atoms with Gasteiger partial charge in [0, 0.05) is 11.6 Å². The summed E-state index contributed by atoms with van der Waals surface area (Å²) in [5.74, 6) is 2.03. The van der Waals surface area contributed by atoms with E-state index in [9.17, 15) is 4.79 Å². The molecule has 7 nitrogen and oxygen atoms in total. The quantitative estimate of drug-likeness (QED) is 0.250. The molecule has 1 aromatic heterocycles. The van der Waals surface area contributed by atoms with Crippen molar-refractivity contribution < 1.29 is 23.7 Å². The number of pyridine rings is 1. The first-order valence-corrected chi connectivity index (χ1v) is 12.8. The molecule has 2 heterocycles. The number of methoxy groups -OCH3 is 1. The van der Waals surface area contributed by atoms with Crippen LogP contribution < -0.4 is 14.2 Å². The molecule has 3 aromatic carbocycles. The van der Waals surface area contributed by atoms with Crippen LogP contribution in [0.1, 0.15) is 32.4 Å². The van der Waals surface area contributed by atoms with Crippen molar-refractivity contribution in [2.24, 2.45) is 0 Å². The van der Waals surface area contributed by atoms with Crippen LogP contribution in [0.25, 0.3) is 22.0 Å². The molecular weight excluding hydrogens is 480 g/mol. The van der Waals surface area contributed by atoms with Gasteiger partial charge in [0.25, 0.3) is 0 Å². The Morgan fingerprint density at radius 1 is 0.947 bits per heavy atom. The third-order valence-corrected chi connectivity index (χ3v) is 6.62. The molecule has 0 N–H and O–H groups in total. The van der Waals surface area contributed by atoms with Gasteiger partial charge in [-0.1, -0.05) is 36.4 Å². The number of rotatable bonds is 9. The summed E-state index contributed by atoms with van der Waals surface area (Å²) in [6.07, 6.45) is 1.09. The molecule has 0 radical (unpaired) electrons. The predicted molar refractivity (Wildman–Crippen MR) is 147 cm³/mol. The lowest BCUT2D eigenvalue weighted by Gasteiger charge is -2.22. The monoisotopic (exact) mass is 512 g/mol. The van der Waals surface area contributed by atoms with Crippen molar-refractivity contribution in [3.8, 4) is 28.4 Å². The molecule has 196 valence electrons. The van der Waals surface area contributed by atoms with Gasteiger partial charge in [-0.25, -0.2) is 4.79 Å². The SMILES string of the molecule is COc1cc(-c2cc(OC[C@H]3CN(C(C)c4ccccc4)C(=O)O3)c3cccnc3c2)ccc1OC(C)C. The molecule has 1 unspecified atom stereocenters. The van der Waals surface area contributed by atoms with Crippen LogP contribution in [0.3, 0.4) is 0 Å². The number of carbonyl (C=O) groups excluding carboxylic acids is 1. The van der Waals surface area contributed by atoms with Crippen LogP contribution >= 0.6 is 0 Å². The van der Waals surface area contributed by atoms with Crippen LogP contribution in [0.15, 0.2) is 79.0 Å². The fourth-order valence-corrected chi connectivity index (χ4v) is 4.67. The Bertz CT molecular complexity index is 1420. The van der Waals surface area contributed by atoms with Crippen molar-refractivity contribution >= 4 is 17.0 Å². The highest BCUT2D eigenvalue weighted by Crippen LogP contribution is 2.37. The topological polar surface area (TPSA) is 70.1 Å². The number of hydrogen-bond acceptors (Lipinski definition) is 6. The van der Waals surface area contributed by atoms with Crippen molar-refractivity contribution in [1.82, 2.24) is 9.88 Å². The maximum Gasteiger partial charge on any atom is 0.410 e. The molecule has 1 fully saturated rings. The van der Waals surface area contributed by atoms with E-state index in [1.165, 1.54) is 0 Å². The van der Waals surface area contributed by atoms with Gasteiger partial charge in [-0.05, 0) is 73.9 Å². The zero-order valence-corrected chi connectivity index (χ0v) is 22.1. The molecule has 7 heteroatoms. The Labute approximate surface area is 222 Å². The number of nitrogens with zero attached hydrogens (tertiary/aromatic N) is 2. The first-order chi connectivity index (χ1) is 18.4. The van der Waals surface area contributed by atoms with Crippen LogP contribution in [0, 0.1) is 0 Å². The Morgan fingerprint density at radius 3 is 2.50 bits per heavy atom. The highest BCUT2D eigenvalue weighted by Gasteiger charge is 2.35. The first kappa shape index (κ1) is 25.4. The molecule has 4 aromatic rings. The molecule has 1 aliphatic heterocycles. The lowest BCUT2D eigenvalue weighted by molar-refractivity contribution is 0.102. The zero-order valence-electron chi connectivity index (χ0n) is 22.1. The van der Waals surface area contributed by atoms with Crippen LogP contribution in [0.4, 0.5) is 4.79 Å². The number of hydrogen-bond donors (Lipinski definition) is 0. The second-order valence-electron chi connectivity index (χ2n) is 9.63. The van der Waals surface area contributed by atoms with E-state index in [1.54, 1.807) is 18.2 Å². The van der Waals surface area contributed by atoms with E-state index in [0.29, 0.717) is 23.8 Å². The number of ether oxygens (including phenoxy) is 4. The van der Waals surface area contributed by atoms with E-state index in [-0.39, 0.29) is 30.9 Å². The molecule has 0 bridgehead atoms. The van der Waals surface area contributed by atoms with Crippen molar-refractivity contribution in [3.05, 3.63) is 84.6 Å². The minimum atomic E-state index is -0.378. The number of benzene rings is 3. The number of fused-ring (bicyclic) bond motifs is 1. The summed E-state index contributed by atoms with van der Waals surface area (Å²) in [4.78, 5) is 18.9. The number of carbonyl (C=O) groups is 1. The minimum Gasteiger partial charge on any atom is -0.493 e. The van der Waals surface area contributed by atoms with Gasteiger partial charge >= 0.3 is 6.09 Å². The maximum atomic E-state index is 12.6. The molecular formula is C31H32N2O5. The van der Waals surface area contributed by atoms with Gasteiger partial charge in [0.2, 0.25) is 0 Å². The van der Waals surface area contributed by atoms with Crippen LogP contribution in [0.5, 0.6) is 17.2 Å². The number of amides is 1. The minimum absolute atomic E-state index is 0.0379. The summed E-state index contributed by atoms with van der Waals surface area (Å²) in [7, 11) is 1.63. The van der Waals surface area contributed by atoms with Crippen molar-refractivity contribution in [2.45, 2.75) is 39.0 Å². The van der Waals surface area contributed by atoms with Gasteiger partial charge in [0.15, 0.2) is 17.6 Å². The van der Waals surface area contributed by atoms with Crippen molar-refractivity contribution in [3.63, 3.8) is 0 Å². The van der Waals surface area contributed by atoms with E-state index < -0.39 is 0 Å². The Kier molecular flexibility index (Phi) is 7.36. The summed E-state index contributed by atoms with van der Waals surface area (Å²) < 4.78 is 23.4. The largest absolute Gasteiger partial charge is 0.493 e. The normalized spacial score (nSPS) is 16.0. The first-order valence-electron chi connectivity index (χ1n) is 12.8. The van der Waals surface area contributed by atoms with Crippen LogP contribution in [-0.2, 0) is 4.74 Å². The van der Waals surface area contributed by atoms with Crippen LogP contribution in [0.2, 0.25) is 0 Å². The fourth-order valence-electron chi connectivity index (χ4n) is 4.67. The Hall–Kier alpha value is -4.26. The van der Waals surface area contributed by atoms with E-state index in [2.05, 4.69) is 4.98 Å². The molecule has 1 aliphatic rings. The third-order valence-electron chi connectivity index (χ3n) is 6.62. The molecule has 5 rings (SSSR count). The van der Waals surface area contributed by atoms with Gasteiger partial charge in [0.05, 0.1) is 31.3 Å². The molecule has 1 saturated heterocycles. The zero-order chi connectivity index (χ0) is 26.6. The van der Waals surface area contributed by atoms with Gasteiger partial charge in [-0.2, -0.15) is 0 Å². The highest BCUT2D eigenvalue weighted by atomic mass is 16.6. The fraction of sp³-hybridized carbons (Fsp3) is 0.290. The van der Waals surface area contributed by atoms with E-state index in [1.807, 2.05) is 93.6 Å². The smallest absolute Gasteiger partial charge is 0.410 e. The van der Waals surface area contributed by atoms with Crippen molar-refractivity contribution in [1.29, 1.82) is 0 Å². The summed E-state index contributed by atoms with van der Waals surface area (Å²) >= 11 is 0. The predicted octanol–water partition coefficient (Wildman–Crippen LogP) is 6.66. The summed E-state index contributed by atoms with van der Waals surface area (Å²) in [6, 6.07) is 23.6. The average Bonchev–Trinajstić information content (AvgIpc) is 3.31. The Balaban J connectivity index is 1.37. The molecule has 2 atom stereocenters. The summed E-state index contributed by atoms with van der Waals surface area (Å²) in [6.45, 7) is 6.67. The van der Waals surface area contributed by atoms with Gasteiger partial charge < -0.3 is 18.9 Å². The van der Waals surface area contributed by atoms with E-state index in [4.69, 9.17) is 18.9 Å². The summed E-state index contributed by atoms with van der Waals surface area (Å²) in [5.41, 5.74) is 3.76. The van der Waals surface area contributed by atoms with Gasteiger partial charge in [0.1, 0.15) is 12.4 Å². The Morgan fingerprint density at radius 2 is 1.74 bits per heavy atom. The lowest BCUT2D eigenvalue weighted by Crippen LogP contribution is -2.29. The molecule has 0 spiro atoms. The number of cyclic esters (lactones) is 1. The number of aromatic nitrogens is 1. The van der Waals surface area contributed by atoms with Gasteiger partial charge in [-0.15, -0.1) is 0 Å². The van der Waals surface area contributed by atoms with Gasteiger partial charge in [-0.3, -0.25) is 9.88 Å². The molecule has 1 amide bonds.